The van der Waals surface area contributed by atoms with Gasteiger partial charge in [0.25, 0.3) is 17.6 Å². The van der Waals surface area contributed by atoms with Gasteiger partial charge < -0.3 is 74.4 Å². The molecule has 1 aliphatic carbocycles. The number of nitrogens with one attached hydrogen (secondary N) is 1. The number of esters is 1. The summed E-state index contributed by atoms with van der Waals surface area (Å²) in [5.74, 6) is -6.93. The molecule has 3 aliphatic rings. The maximum absolute atomic E-state index is 14.5. The quantitative estimate of drug-likeness (QED) is 0.00832. The smallest absolute Gasteiger partial charge is 0.329 e. The second kappa shape index (κ2) is 37.3. The summed E-state index contributed by atoms with van der Waals surface area (Å²) in [5.41, 5.74) is 8.53. The number of hydrogen-bond acceptors (Lipinski definition) is 18. The van der Waals surface area contributed by atoms with Crippen molar-refractivity contribution in [2.75, 3.05) is 73.6 Å². The molecule has 2 saturated heterocycles. The molecule has 15 atom stereocenters. The van der Waals surface area contributed by atoms with Crippen molar-refractivity contribution in [3.05, 3.63) is 48.1 Å². The first kappa shape index (κ1) is 70.3. The van der Waals surface area contributed by atoms with Gasteiger partial charge in [-0.1, -0.05) is 63.2 Å². The van der Waals surface area contributed by atoms with Crippen molar-refractivity contribution in [2.24, 2.45) is 40.5 Å². The Morgan fingerprint density at radius 2 is 1.61 bits per heavy atom. The SMILES string of the molecule is C=C[C@@H](C)C[C@@H](C)/C(=N\OCC(=O)NCCOCCOCCOCC)[C@H](O)[C@H](O)/C(C)=C/[C@@H](C)CC[C@H](OC(=O)[C@@H]1CCCCN1C(=O)C(=O)[C@]1(O)O[C@H](C[C@H](OC)/C(C)=C/C=C/C)CC[C@H]1C)[C@H](N)C[C@@H]1CC[C@@H](O)[C@H](OC)C1. The minimum absolute atomic E-state index is 0.0415. The summed E-state index contributed by atoms with van der Waals surface area (Å²) in [4.78, 5) is 62.3. The summed E-state index contributed by atoms with van der Waals surface area (Å²) in [7, 11) is 3.15. The zero-order valence-electron chi connectivity index (χ0n) is 49.9. The molecule has 3 fully saturated rings. The van der Waals surface area contributed by atoms with Gasteiger partial charge in [0.2, 0.25) is 5.79 Å². The van der Waals surface area contributed by atoms with Crippen LogP contribution in [-0.4, -0.2) is 189 Å². The maximum atomic E-state index is 14.5. The molecule has 0 radical (unpaired) electrons. The van der Waals surface area contributed by atoms with Gasteiger partial charge in [0.05, 0.1) is 63.2 Å². The van der Waals surface area contributed by atoms with Gasteiger partial charge in [-0.05, 0) is 134 Å². The summed E-state index contributed by atoms with van der Waals surface area (Å²) in [6.45, 7) is 21.3. The van der Waals surface area contributed by atoms with Crippen LogP contribution < -0.4 is 11.1 Å². The molecule has 1 saturated carbocycles. The number of piperidine rings is 1. The molecule has 20 nitrogen and oxygen atoms in total. The highest BCUT2D eigenvalue weighted by Gasteiger charge is 2.53. The van der Waals surface area contributed by atoms with Gasteiger partial charge in [-0.2, -0.15) is 0 Å². The Balaban J connectivity index is 1.77. The number of allylic oxidation sites excluding steroid dienone is 5. The van der Waals surface area contributed by atoms with Gasteiger partial charge in [-0.15, -0.1) is 6.58 Å². The first-order chi connectivity index (χ1) is 38.1. The number of aliphatic hydroxyl groups excluding tert-OH is 3. The number of rotatable bonds is 37. The van der Waals surface area contributed by atoms with Crippen LogP contribution in [0.25, 0.3) is 0 Å². The molecule has 2 amide bonds. The molecule has 20 heteroatoms. The number of amides is 2. The fourth-order valence-corrected chi connectivity index (χ4v) is 10.8. The number of methoxy groups -OCH3 is 2. The zero-order valence-corrected chi connectivity index (χ0v) is 49.9. The molecular weight excluding hydrogens is 1030 g/mol. The second-order valence-electron chi connectivity index (χ2n) is 22.3. The number of Topliss-reactive ketones (excluding diaryl/α,β-unsaturated/α-hetero) is 1. The van der Waals surface area contributed by atoms with E-state index in [1.165, 1.54) is 4.90 Å². The first-order valence-electron chi connectivity index (χ1n) is 29.3. The molecule has 0 bridgehead atoms. The van der Waals surface area contributed by atoms with E-state index in [9.17, 15) is 39.6 Å². The van der Waals surface area contributed by atoms with Crippen molar-refractivity contribution in [2.45, 2.75) is 199 Å². The summed E-state index contributed by atoms with van der Waals surface area (Å²) in [6.07, 6.45) is 9.88. The second-order valence-corrected chi connectivity index (χ2v) is 22.3. The number of ketones is 1. The van der Waals surface area contributed by atoms with Crippen LogP contribution in [0.1, 0.15) is 139 Å². The predicted octanol–water partition coefficient (Wildman–Crippen LogP) is 5.66. The summed E-state index contributed by atoms with van der Waals surface area (Å²) < 4.78 is 39.9. The molecule has 2 heterocycles. The number of carbonyl (C=O) groups is 4. The van der Waals surface area contributed by atoms with Crippen molar-refractivity contribution in [1.29, 1.82) is 0 Å². The molecular formula is C60H102N4O16. The lowest BCUT2D eigenvalue weighted by Gasteiger charge is -2.42. The van der Waals surface area contributed by atoms with E-state index in [-0.39, 0.29) is 74.1 Å². The van der Waals surface area contributed by atoms with Crippen LogP contribution in [0.3, 0.4) is 0 Å². The Morgan fingerprint density at radius 1 is 0.912 bits per heavy atom. The molecule has 0 unspecified atom stereocenters. The van der Waals surface area contributed by atoms with E-state index in [2.05, 4.69) is 17.1 Å². The molecule has 7 N–H and O–H groups in total. The van der Waals surface area contributed by atoms with Crippen LogP contribution in [0.5, 0.6) is 0 Å². The third-order valence-corrected chi connectivity index (χ3v) is 15.9. The van der Waals surface area contributed by atoms with Crippen LogP contribution in [0.4, 0.5) is 0 Å². The third kappa shape index (κ3) is 23.0. The number of ether oxygens (including phenoxy) is 7. The van der Waals surface area contributed by atoms with E-state index in [1.54, 1.807) is 34.1 Å². The van der Waals surface area contributed by atoms with Gasteiger partial charge in [-0.25, -0.2) is 4.79 Å². The lowest BCUT2D eigenvalue weighted by Crippen LogP contribution is -2.61. The van der Waals surface area contributed by atoms with E-state index < -0.39 is 84.5 Å². The number of nitrogens with zero attached hydrogens (tertiary/aromatic N) is 2. The average Bonchev–Trinajstić information content (AvgIpc) is 3.46. The predicted molar refractivity (Wildman–Crippen MR) is 305 cm³/mol. The first-order valence-corrected chi connectivity index (χ1v) is 29.3. The van der Waals surface area contributed by atoms with E-state index in [1.807, 2.05) is 65.8 Å². The summed E-state index contributed by atoms with van der Waals surface area (Å²) in [5, 5.41) is 52.7. The number of likely N-dealkylation sites (tertiary alicyclic amines) is 1. The van der Waals surface area contributed by atoms with Gasteiger partial charge in [0.1, 0.15) is 24.4 Å². The monoisotopic (exact) mass is 1130 g/mol. The van der Waals surface area contributed by atoms with Crippen LogP contribution in [0.2, 0.25) is 0 Å². The topological polar surface area (TPSA) is 277 Å². The molecule has 3 rings (SSSR count). The number of oxime groups is 1. The highest BCUT2D eigenvalue weighted by molar-refractivity contribution is 6.39. The van der Waals surface area contributed by atoms with E-state index in [0.717, 1.165) is 5.57 Å². The number of hydrogen-bond donors (Lipinski definition) is 6. The molecule has 0 aromatic carbocycles. The Kier molecular flexibility index (Phi) is 32.8. The molecule has 2 aliphatic heterocycles. The van der Waals surface area contributed by atoms with E-state index in [0.29, 0.717) is 109 Å². The summed E-state index contributed by atoms with van der Waals surface area (Å²) in [6, 6.07) is -1.78. The van der Waals surface area contributed by atoms with Crippen LogP contribution in [-0.2, 0) is 57.2 Å². The van der Waals surface area contributed by atoms with Crippen molar-refractivity contribution < 1.29 is 77.6 Å². The normalized spacial score (nSPS) is 26.4. The standard InChI is InChI=1S/C60H102N4O16/c1-12-15-18-41(6)51(73-10)37-46-23-21-44(9)60(72,80-46)57(69)58(70)64-27-17-16-19-48(64)59(71)79-50(47(61)35-45-22-24-49(65)52(36-45)74-11)25-20-40(5)34-43(8)55(67)56(68)54(42(7)33-39(4)13-2)63-78-38-53(66)62-26-28-76-31-32-77-30-29-75-14-3/h12-13,15,18,34,39-40,42,44-52,55-56,65,67-68,72H,2,14,16-17,19-33,35-38,61H2,1,3-11H3,(H,62,66)/b15-12+,41-18+,43-34+,63-54+/t39-,40+,42-,44-,45+,46+,47-,48+,49-,50+,51+,52-,55-,56+,60-/m1/s1. The highest BCUT2D eigenvalue weighted by atomic mass is 16.6. The van der Waals surface area contributed by atoms with Gasteiger partial charge in [0.15, 0.2) is 6.61 Å². The molecule has 0 aromatic rings. The van der Waals surface area contributed by atoms with E-state index >= 15 is 0 Å². The molecule has 0 aromatic heterocycles. The molecule has 458 valence electrons. The Labute approximate surface area is 477 Å². The lowest BCUT2D eigenvalue weighted by molar-refractivity contribution is -0.265. The number of carbonyl (C=O) groups excluding carboxylic acids is 4. The van der Waals surface area contributed by atoms with Gasteiger partial charge >= 0.3 is 5.97 Å². The fourth-order valence-electron chi connectivity index (χ4n) is 10.8. The van der Waals surface area contributed by atoms with Crippen LogP contribution in [0.15, 0.2) is 53.3 Å². The maximum Gasteiger partial charge on any atom is 0.329 e. The van der Waals surface area contributed by atoms with Crippen molar-refractivity contribution >= 4 is 29.3 Å². The van der Waals surface area contributed by atoms with Gasteiger partial charge in [-0.3, -0.25) is 14.4 Å². The Bertz CT molecular complexity index is 2000. The molecule has 0 spiro atoms. The number of aliphatic hydroxyl groups is 4. The zero-order chi connectivity index (χ0) is 59.4. The van der Waals surface area contributed by atoms with E-state index in [4.69, 9.17) is 43.7 Å². The van der Waals surface area contributed by atoms with Crippen molar-refractivity contribution in [3.63, 3.8) is 0 Å². The Hall–Kier alpha value is -3.93. The highest BCUT2D eigenvalue weighted by Crippen LogP contribution is 2.37. The minimum atomic E-state index is -2.42. The third-order valence-electron chi connectivity index (χ3n) is 15.9. The van der Waals surface area contributed by atoms with Crippen molar-refractivity contribution in [1.82, 2.24) is 10.2 Å². The minimum Gasteiger partial charge on any atom is -0.459 e. The Morgan fingerprint density at radius 3 is 2.27 bits per heavy atom. The largest absolute Gasteiger partial charge is 0.459 e. The van der Waals surface area contributed by atoms with Crippen molar-refractivity contribution in [3.8, 4) is 0 Å². The number of nitrogens with two attached hydrogens (primary N) is 1. The summed E-state index contributed by atoms with van der Waals surface area (Å²) >= 11 is 0. The van der Waals surface area contributed by atoms with Crippen LogP contribution in [0, 0.1) is 29.6 Å². The van der Waals surface area contributed by atoms with Gasteiger partial charge in [0, 0.05) is 58.2 Å². The average molecular weight is 1140 g/mol. The lowest BCUT2D eigenvalue weighted by atomic mass is 9.80. The molecule has 80 heavy (non-hydrogen) atoms. The van der Waals surface area contributed by atoms with Crippen LogP contribution >= 0.6 is 0 Å². The fraction of sp³-hybridized carbons (Fsp3) is 0.783.